The van der Waals surface area contributed by atoms with Gasteiger partial charge in [0.25, 0.3) is 0 Å². The SMILES string of the molecule is C=CCCC=C.I. The highest BCUT2D eigenvalue weighted by Crippen LogP contribution is 1.86. The summed E-state index contributed by atoms with van der Waals surface area (Å²) in [5.74, 6) is 0. The van der Waals surface area contributed by atoms with Crippen LogP contribution in [0.1, 0.15) is 12.8 Å². The van der Waals surface area contributed by atoms with Crippen LogP contribution in [-0.2, 0) is 0 Å². The van der Waals surface area contributed by atoms with Crippen molar-refractivity contribution in [2.45, 2.75) is 12.8 Å². The van der Waals surface area contributed by atoms with Crippen LogP contribution in [0.4, 0.5) is 0 Å². The van der Waals surface area contributed by atoms with Crippen LogP contribution in [0, 0.1) is 0 Å². The third kappa shape index (κ3) is 10.7. The van der Waals surface area contributed by atoms with Crippen molar-refractivity contribution >= 4 is 24.0 Å². The number of hydrogen-bond donors (Lipinski definition) is 0. The highest BCUT2D eigenvalue weighted by Gasteiger charge is 1.66. The van der Waals surface area contributed by atoms with Crippen LogP contribution in [-0.4, -0.2) is 0 Å². The number of hydrogen-bond acceptors (Lipinski definition) is 0. The number of rotatable bonds is 3. The molecule has 0 aromatic heterocycles. The Morgan fingerprint density at radius 2 is 1.29 bits per heavy atom. The Labute approximate surface area is 62.3 Å². The largest absolute Gasteiger partial charge is 0.107 e. The van der Waals surface area contributed by atoms with Crippen molar-refractivity contribution in [3.8, 4) is 0 Å². The molecule has 0 aliphatic rings. The van der Waals surface area contributed by atoms with Gasteiger partial charge < -0.3 is 0 Å². The van der Waals surface area contributed by atoms with E-state index in [-0.39, 0.29) is 24.0 Å². The van der Waals surface area contributed by atoms with Crippen molar-refractivity contribution in [2.75, 3.05) is 0 Å². The fourth-order valence-corrected chi connectivity index (χ4v) is 0.236. The topological polar surface area (TPSA) is 0 Å². The molecule has 0 N–H and O–H groups in total. The molecule has 0 aromatic carbocycles. The highest BCUT2D eigenvalue weighted by atomic mass is 127. The molecule has 0 saturated heterocycles. The summed E-state index contributed by atoms with van der Waals surface area (Å²) in [6, 6.07) is 0. The van der Waals surface area contributed by atoms with Crippen molar-refractivity contribution in [2.24, 2.45) is 0 Å². The zero-order chi connectivity index (χ0) is 4.83. The van der Waals surface area contributed by atoms with Crippen LogP contribution < -0.4 is 0 Å². The Morgan fingerprint density at radius 3 is 1.43 bits per heavy atom. The minimum Gasteiger partial charge on any atom is -0.107 e. The minimum absolute atomic E-state index is 0. The molecule has 1 heteroatoms. The van der Waals surface area contributed by atoms with Gasteiger partial charge in [0.15, 0.2) is 0 Å². The maximum absolute atomic E-state index is 3.55. The van der Waals surface area contributed by atoms with E-state index >= 15 is 0 Å². The molecule has 0 rings (SSSR count). The van der Waals surface area contributed by atoms with Crippen LogP contribution in [0.15, 0.2) is 25.3 Å². The standard InChI is InChI=1S/C6H10.HI/c1-3-5-6-4-2;/h3-4H,1-2,5-6H2;1H. The predicted molar refractivity (Wildman–Crippen MR) is 45.0 cm³/mol. The molecular formula is C6H11I. The fraction of sp³-hybridized carbons (Fsp3) is 0.333. The summed E-state index contributed by atoms with van der Waals surface area (Å²) in [5, 5.41) is 0. The molecule has 0 aliphatic heterocycles. The van der Waals surface area contributed by atoms with E-state index in [0.717, 1.165) is 12.8 Å². The molecule has 0 fully saturated rings. The Hall–Kier alpha value is 0.210. The van der Waals surface area contributed by atoms with Crippen molar-refractivity contribution in [3.63, 3.8) is 0 Å². The maximum Gasteiger partial charge on any atom is -0.0319 e. The van der Waals surface area contributed by atoms with Gasteiger partial charge in [0, 0.05) is 0 Å². The fourth-order valence-electron chi connectivity index (χ4n) is 0.236. The third-order valence-electron chi connectivity index (χ3n) is 0.575. The van der Waals surface area contributed by atoms with E-state index in [1.54, 1.807) is 0 Å². The quantitative estimate of drug-likeness (QED) is 0.381. The number of unbranched alkanes of at least 4 members (excludes halogenated alkanes) is 1. The number of allylic oxidation sites excluding steroid dienone is 2. The first-order valence-electron chi connectivity index (χ1n) is 2.13. The molecule has 0 amide bonds. The first-order chi connectivity index (χ1) is 2.91. The molecule has 0 saturated carbocycles. The van der Waals surface area contributed by atoms with Crippen molar-refractivity contribution in [1.29, 1.82) is 0 Å². The summed E-state index contributed by atoms with van der Waals surface area (Å²) in [6.07, 6.45) is 5.90. The summed E-state index contributed by atoms with van der Waals surface area (Å²) in [6.45, 7) is 7.10. The second-order valence-corrected chi connectivity index (χ2v) is 1.15. The molecule has 0 nitrogen and oxygen atoms in total. The molecule has 0 spiro atoms. The molecule has 0 radical (unpaired) electrons. The Bertz CT molecular complexity index is 40.1. The first kappa shape index (κ1) is 10.2. The Balaban J connectivity index is 0. The molecule has 0 aliphatic carbocycles. The van der Waals surface area contributed by atoms with Gasteiger partial charge in [0.2, 0.25) is 0 Å². The lowest BCUT2D eigenvalue weighted by molar-refractivity contribution is 1.06. The van der Waals surface area contributed by atoms with Crippen LogP contribution in [0.5, 0.6) is 0 Å². The molecule has 0 heterocycles. The summed E-state index contributed by atoms with van der Waals surface area (Å²) < 4.78 is 0. The Morgan fingerprint density at radius 1 is 1.00 bits per heavy atom. The smallest absolute Gasteiger partial charge is 0.0319 e. The lowest BCUT2D eigenvalue weighted by atomic mass is 10.3. The first-order valence-corrected chi connectivity index (χ1v) is 2.13. The second-order valence-electron chi connectivity index (χ2n) is 1.15. The monoisotopic (exact) mass is 210 g/mol. The van der Waals surface area contributed by atoms with E-state index in [0.29, 0.717) is 0 Å². The lowest BCUT2D eigenvalue weighted by Gasteiger charge is -1.76. The van der Waals surface area contributed by atoms with Gasteiger partial charge >= 0.3 is 0 Å². The van der Waals surface area contributed by atoms with Crippen molar-refractivity contribution in [3.05, 3.63) is 25.3 Å². The van der Waals surface area contributed by atoms with E-state index in [2.05, 4.69) is 13.2 Å². The van der Waals surface area contributed by atoms with E-state index < -0.39 is 0 Å². The molecule has 0 bridgehead atoms. The number of halogens is 1. The van der Waals surface area contributed by atoms with Crippen molar-refractivity contribution in [1.82, 2.24) is 0 Å². The normalized spacial score (nSPS) is 6.29. The maximum atomic E-state index is 3.55. The van der Waals surface area contributed by atoms with Crippen molar-refractivity contribution < 1.29 is 0 Å². The van der Waals surface area contributed by atoms with Gasteiger partial charge in [-0.1, -0.05) is 12.2 Å². The van der Waals surface area contributed by atoms with Crippen LogP contribution in [0.2, 0.25) is 0 Å². The van der Waals surface area contributed by atoms with Gasteiger partial charge in [0.1, 0.15) is 0 Å². The van der Waals surface area contributed by atoms with E-state index in [9.17, 15) is 0 Å². The van der Waals surface area contributed by atoms with Crippen LogP contribution in [0.3, 0.4) is 0 Å². The van der Waals surface area contributed by atoms with E-state index in [1.165, 1.54) is 0 Å². The predicted octanol–water partition coefficient (Wildman–Crippen LogP) is 2.76. The van der Waals surface area contributed by atoms with Gasteiger partial charge in [0.05, 0.1) is 0 Å². The molecule has 0 aromatic rings. The molecular weight excluding hydrogens is 199 g/mol. The summed E-state index contributed by atoms with van der Waals surface area (Å²) in [7, 11) is 0. The molecule has 42 valence electrons. The van der Waals surface area contributed by atoms with Gasteiger partial charge in [-0.25, -0.2) is 0 Å². The average molecular weight is 210 g/mol. The molecule has 7 heavy (non-hydrogen) atoms. The summed E-state index contributed by atoms with van der Waals surface area (Å²) >= 11 is 0. The zero-order valence-corrected chi connectivity index (χ0v) is 6.72. The Kier molecular flexibility index (Phi) is 13.9. The second kappa shape index (κ2) is 9.51. The zero-order valence-electron chi connectivity index (χ0n) is 4.39. The molecule has 0 unspecified atom stereocenters. The van der Waals surface area contributed by atoms with Crippen LogP contribution >= 0.6 is 24.0 Å². The van der Waals surface area contributed by atoms with Gasteiger partial charge in [-0.05, 0) is 12.8 Å². The molecule has 0 atom stereocenters. The minimum atomic E-state index is 0. The van der Waals surface area contributed by atoms with E-state index in [1.807, 2.05) is 12.2 Å². The average Bonchev–Trinajstić information content (AvgIpc) is 1.61. The van der Waals surface area contributed by atoms with Crippen LogP contribution in [0.25, 0.3) is 0 Å². The highest BCUT2D eigenvalue weighted by molar-refractivity contribution is 14.0. The summed E-state index contributed by atoms with van der Waals surface area (Å²) in [4.78, 5) is 0. The van der Waals surface area contributed by atoms with Gasteiger partial charge in [-0.2, -0.15) is 0 Å². The third-order valence-corrected chi connectivity index (χ3v) is 0.575. The van der Waals surface area contributed by atoms with E-state index in [4.69, 9.17) is 0 Å². The van der Waals surface area contributed by atoms with Gasteiger partial charge in [-0.15, -0.1) is 37.1 Å². The summed E-state index contributed by atoms with van der Waals surface area (Å²) in [5.41, 5.74) is 0. The van der Waals surface area contributed by atoms with Gasteiger partial charge in [-0.3, -0.25) is 0 Å². The lowest BCUT2D eigenvalue weighted by Crippen LogP contribution is -1.56.